The fourth-order valence-corrected chi connectivity index (χ4v) is 1.44. The van der Waals surface area contributed by atoms with Gasteiger partial charge in [-0.15, -0.1) is 0 Å². The molecule has 0 spiro atoms. The molecular formula is C9H9NO3. The summed E-state index contributed by atoms with van der Waals surface area (Å²) in [7, 11) is 0. The first kappa shape index (κ1) is 8.07. The van der Waals surface area contributed by atoms with Crippen LogP contribution in [0.15, 0.2) is 18.2 Å². The molecule has 0 unspecified atom stereocenters. The fourth-order valence-electron chi connectivity index (χ4n) is 1.44. The van der Waals surface area contributed by atoms with E-state index in [0.717, 1.165) is 18.7 Å². The second kappa shape index (κ2) is 3.06. The van der Waals surface area contributed by atoms with Crippen molar-refractivity contribution < 1.29 is 14.6 Å². The number of rotatable bonds is 1. The highest BCUT2D eigenvalue weighted by molar-refractivity contribution is 5.61. The van der Waals surface area contributed by atoms with Gasteiger partial charge >= 0.3 is 6.16 Å². The molecule has 0 aromatic heterocycles. The van der Waals surface area contributed by atoms with Crippen LogP contribution < -0.4 is 10.1 Å². The summed E-state index contributed by atoms with van der Waals surface area (Å²) in [5.74, 6) is 0.384. The Hall–Kier alpha value is -1.55. The van der Waals surface area contributed by atoms with Crippen molar-refractivity contribution in [1.29, 1.82) is 0 Å². The highest BCUT2D eigenvalue weighted by Crippen LogP contribution is 2.21. The molecule has 4 heteroatoms. The highest BCUT2D eigenvalue weighted by Gasteiger charge is 2.11. The van der Waals surface area contributed by atoms with Crippen molar-refractivity contribution in [2.75, 3.05) is 0 Å². The van der Waals surface area contributed by atoms with Crippen molar-refractivity contribution in [2.45, 2.75) is 13.1 Å². The Morgan fingerprint density at radius 3 is 2.92 bits per heavy atom. The predicted octanol–water partition coefficient (Wildman–Crippen LogP) is 1.35. The zero-order chi connectivity index (χ0) is 9.26. The van der Waals surface area contributed by atoms with E-state index in [1.54, 1.807) is 12.1 Å². The predicted molar refractivity (Wildman–Crippen MR) is 45.6 cm³/mol. The van der Waals surface area contributed by atoms with Gasteiger partial charge in [0.05, 0.1) is 0 Å². The molecule has 1 aromatic carbocycles. The maximum atomic E-state index is 10.2. The number of carboxylic acid groups (broad SMARTS) is 1. The number of nitrogens with one attached hydrogen (secondary N) is 1. The lowest BCUT2D eigenvalue weighted by molar-refractivity contribution is 0.144. The average molecular weight is 179 g/mol. The van der Waals surface area contributed by atoms with Gasteiger partial charge in [-0.25, -0.2) is 4.79 Å². The first-order chi connectivity index (χ1) is 6.25. The van der Waals surface area contributed by atoms with Crippen LogP contribution >= 0.6 is 0 Å². The number of benzene rings is 1. The van der Waals surface area contributed by atoms with Crippen LogP contribution in [0.1, 0.15) is 11.1 Å². The van der Waals surface area contributed by atoms with Crippen LogP contribution in [0.2, 0.25) is 0 Å². The molecule has 1 aromatic rings. The largest absolute Gasteiger partial charge is 0.511 e. The zero-order valence-corrected chi connectivity index (χ0v) is 6.91. The van der Waals surface area contributed by atoms with Crippen molar-refractivity contribution in [3.8, 4) is 5.75 Å². The summed E-state index contributed by atoms with van der Waals surface area (Å²) in [6.45, 7) is 1.63. The molecule has 1 aliphatic rings. The number of carbonyl (C=O) groups is 1. The second-order valence-corrected chi connectivity index (χ2v) is 2.90. The molecule has 0 fully saturated rings. The van der Waals surface area contributed by atoms with Gasteiger partial charge in [0.15, 0.2) is 0 Å². The van der Waals surface area contributed by atoms with Gasteiger partial charge in [0, 0.05) is 13.1 Å². The maximum Gasteiger partial charge on any atom is 0.511 e. The van der Waals surface area contributed by atoms with Gasteiger partial charge in [0.25, 0.3) is 0 Å². The summed E-state index contributed by atoms with van der Waals surface area (Å²) in [6.07, 6.45) is -1.27. The molecule has 0 saturated carbocycles. The van der Waals surface area contributed by atoms with Gasteiger partial charge in [0.2, 0.25) is 0 Å². The second-order valence-electron chi connectivity index (χ2n) is 2.90. The molecule has 13 heavy (non-hydrogen) atoms. The van der Waals surface area contributed by atoms with Crippen molar-refractivity contribution >= 4 is 6.16 Å². The van der Waals surface area contributed by atoms with Gasteiger partial charge in [-0.05, 0) is 23.3 Å². The van der Waals surface area contributed by atoms with E-state index in [1.165, 1.54) is 5.56 Å². The third kappa shape index (κ3) is 1.62. The summed E-state index contributed by atoms with van der Waals surface area (Å²) in [5.41, 5.74) is 2.32. The molecule has 1 aliphatic heterocycles. The Labute approximate surface area is 75.1 Å². The fraction of sp³-hybridized carbons (Fsp3) is 0.222. The number of hydrogen-bond acceptors (Lipinski definition) is 3. The highest BCUT2D eigenvalue weighted by atomic mass is 16.7. The minimum absolute atomic E-state index is 0.384. The summed E-state index contributed by atoms with van der Waals surface area (Å²) in [4.78, 5) is 10.2. The lowest BCUT2D eigenvalue weighted by Gasteiger charge is -2.01. The van der Waals surface area contributed by atoms with Crippen molar-refractivity contribution in [3.63, 3.8) is 0 Å². The molecule has 0 aliphatic carbocycles. The molecule has 0 atom stereocenters. The van der Waals surface area contributed by atoms with Gasteiger partial charge in [0.1, 0.15) is 5.75 Å². The SMILES string of the molecule is O=C(O)Oc1ccc2c(c1)CNC2. The first-order valence-corrected chi connectivity index (χ1v) is 3.99. The third-order valence-electron chi connectivity index (χ3n) is 2.01. The third-order valence-corrected chi connectivity index (χ3v) is 2.01. The quantitative estimate of drug-likeness (QED) is 0.504. The van der Waals surface area contributed by atoms with Gasteiger partial charge < -0.3 is 15.2 Å². The standard InChI is InChI=1S/C9H9NO3/c11-9(12)13-8-2-1-6-4-10-5-7(6)3-8/h1-3,10H,4-5H2,(H,11,12). The van der Waals surface area contributed by atoms with E-state index >= 15 is 0 Å². The molecule has 68 valence electrons. The van der Waals surface area contributed by atoms with Crippen LogP contribution in [0.5, 0.6) is 5.75 Å². The minimum Gasteiger partial charge on any atom is -0.449 e. The Kier molecular flexibility index (Phi) is 1.90. The topological polar surface area (TPSA) is 58.6 Å². The van der Waals surface area contributed by atoms with Crippen LogP contribution in [0, 0.1) is 0 Å². The molecule has 2 N–H and O–H groups in total. The molecule has 2 rings (SSSR count). The average Bonchev–Trinajstić information content (AvgIpc) is 2.49. The monoisotopic (exact) mass is 179 g/mol. The van der Waals surface area contributed by atoms with Crippen LogP contribution in [0.25, 0.3) is 0 Å². The van der Waals surface area contributed by atoms with Crippen molar-refractivity contribution in [3.05, 3.63) is 29.3 Å². The van der Waals surface area contributed by atoms with E-state index in [0.29, 0.717) is 5.75 Å². The zero-order valence-electron chi connectivity index (χ0n) is 6.91. The lowest BCUT2D eigenvalue weighted by Crippen LogP contribution is -2.03. The Bertz CT molecular complexity index is 349. The maximum absolute atomic E-state index is 10.2. The summed E-state index contributed by atoms with van der Waals surface area (Å²) in [5, 5.41) is 11.5. The van der Waals surface area contributed by atoms with Gasteiger partial charge in [-0.2, -0.15) is 0 Å². The molecule has 0 radical (unpaired) electrons. The van der Waals surface area contributed by atoms with Crippen LogP contribution in [0.3, 0.4) is 0 Å². The van der Waals surface area contributed by atoms with E-state index in [9.17, 15) is 4.79 Å². The Morgan fingerprint density at radius 1 is 1.38 bits per heavy atom. The van der Waals surface area contributed by atoms with Gasteiger partial charge in [-0.3, -0.25) is 0 Å². The van der Waals surface area contributed by atoms with E-state index in [4.69, 9.17) is 5.11 Å². The number of ether oxygens (including phenoxy) is 1. The minimum atomic E-state index is -1.27. The van der Waals surface area contributed by atoms with Crippen molar-refractivity contribution in [2.24, 2.45) is 0 Å². The summed E-state index contributed by atoms with van der Waals surface area (Å²) in [6, 6.07) is 5.30. The van der Waals surface area contributed by atoms with Crippen molar-refractivity contribution in [1.82, 2.24) is 5.32 Å². The molecule has 0 amide bonds. The van der Waals surface area contributed by atoms with E-state index in [2.05, 4.69) is 10.1 Å². The molecule has 4 nitrogen and oxygen atoms in total. The van der Waals surface area contributed by atoms with Crippen LogP contribution in [-0.2, 0) is 13.1 Å². The number of fused-ring (bicyclic) bond motifs is 1. The summed E-state index contributed by atoms with van der Waals surface area (Å²) >= 11 is 0. The molecule has 1 heterocycles. The molecule has 0 saturated heterocycles. The smallest absolute Gasteiger partial charge is 0.449 e. The van der Waals surface area contributed by atoms with E-state index < -0.39 is 6.16 Å². The van der Waals surface area contributed by atoms with Crippen LogP contribution in [0.4, 0.5) is 4.79 Å². The summed E-state index contributed by atoms with van der Waals surface area (Å²) < 4.78 is 4.53. The molecular weight excluding hydrogens is 170 g/mol. The number of hydrogen-bond donors (Lipinski definition) is 2. The first-order valence-electron chi connectivity index (χ1n) is 3.99. The molecule has 0 bridgehead atoms. The lowest BCUT2D eigenvalue weighted by atomic mass is 10.1. The van der Waals surface area contributed by atoms with E-state index in [1.807, 2.05) is 6.07 Å². The Balaban J connectivity index is 2.25. The normalized spacial score (nSPS) is 13.8. The van der Waals surface area contributed by atoms with Crippen LogP contribution in [-0.4, -0.2) is 11.3 Å². The van der Waals surface area contributed by atoms with E-state index in [-0.39, 0.29) is 0 Å². The Morgan fingerprint density at radius 2 is 2.15 bits per heavy atom. The van der Waals surface area contributed by atoms with Gasteiger partial charge in [-0.1, -0.05) is 6.07 Å².